The van der Waals surface area contributed by atoms with Crippen molar-refractivity contribution >= 4 is 21.4 Å². The largest absolute Gasteiger partial charge is 0.271 e. The highest BCUT2D eigenvalue weighted by Crippen LogP contribution is 2.28. The van der Waals surface area contributed by atoms with Crippen LogP contribution in [0.25, 0.3) is 10.1 Å². The zero-order valence-corrected chi connectivity index (χ0v) is 10.4. The fourth-order valence-electron chi connectivity index (χ4n) is 2.03. The molecule has 0 aliphatic rings. The Bertz CT molecular complexity index is 631. The van der Waals surface area contributed by atoms with Crippen molar-refractivity contribution in [1.29, 1.82) is 0 Å². The van der Waals surface area contributed by atoms with E-state index < -0.39 is 0 Å². The van der Waals surface area contributed by atoms with Gasteiger partial charge in [0.05, 0.1) is 6.04 Å². The van der Waals surface area contributed by atoms with Gasteiger partial charge in [0, 0.05) is 4.70 Å². The number of aromatic amines is 1. The van der Waals surface area contributed by atoms with Gasteiger partial charge in [-0.3, -0.25) is 10.9 Å². The van der Waals surface area contributed by atoms with Gasteiger partial charge >= 0.3 is 0 Å². The molecule has 92 valence electrons. The molecule has 3 aromatic rings. The van der Waals surface area contributed by atoms with Crippen LogP contribution in [0.3, 0.4) is 0 Å². The van der Waals surface area contributed by atoms with Crippen LogP contribution in [-0.2, 0) is 6.42 Å². The van der Waals surface area contributed by atoms with Gasteiger partial charge in [0.15, 0.2) is 0 Å². The number of rotatable bonds is 4. The molecule has 0 aliphatic carbocycles. The van der Waals surface area contributed by atoms with Gasteiger partial charge in [0.25, 0.3) is 0 Å². The molecule has 1 aromatic carbocycles. The standard InChI is InChI=1S/C12H13N5S/c13-16-10(12-14-7-15-17-12)5-8-6-18-11-4-2-1-3-9(8)11/h1-4,6-7,10,16H,5,13H2,(H,14,15,17). The van der Waals surface area contributed by atoms with E-state index in [-0.39, 0.29) is 6.04 Å². The van der Waals surface area contributed by atoms with Crippen molar-refractivity contribution in [3.63, 3.8) is 0 Å². The molecule has 1 atom stereocenters. The second kappa shape index (κ2) is 4.85. The van der Waals surface area contributed by atoms with Crippen LogP contribution in [0, 0.1) is 0 Å². The van der Waals surface area contributed by atoms with Crippen LogP contribution >= 0.6 is 11.3 Å². The number of H-pyrrole nitrogens is 1. The number of thiophene rings is 1. The molecule has 5 nitrogen and oxygen atoms in total. The predicted octanol–water partition coefficient (Wildman–Crippen LogP) is 1.77. The lowest BCUT2D eigenvalue weighted by atomic mass is 10.1. The third-order valence-electron chi connectivity index (χ3n) is 2.95. The highest BCUT2D eigenvalue weighted by Gasteiger charge is 2.15. The van der Waals surface area contributed by atoms with Gasteiger partial charge in [-0.05, 0) is 28.8 Å². The lowest BCUT2D eigenvalue weighted by molar-refractivity contribution is 0.526. The minimum atomic E-state index is -0.0505. The zero-order chi connectivity index (χ0) is 12.4. The zero-order valence-electron chi connectivity index (χ0n) is 9.63. The van der Waals surface area contributed by atoms with E-state index in [9.17, 15) is 0 Å². The lowest BCUT2D eigenvalue weighted by Crippen LogP contribution is -2.30. The number of hydrogen-bond acceptors (Lipinski definition) is 5. The first-order valence-electron chi connectivity index (χ1n) is 5.65. The molecule has 1 unspecified atom stereocenters. The van der Waals surface area contributed by atoms with Gasteiger partial charge in [0.1, 0.15) is 12.2 Å². The summed E-state index contributed by atoms with van der Waals surface area (Å²) in [6, 6.07) is 8.32. The normalized spacial score (nSPS) is 12.9. The topological polar surface area (TPSA) is 79.6 Å². The van der Waals surface area contributed by atoms with Gasteiger partial charge in [-0.25, -0.2) is 10.4 Å². The van der Waals surface area contributed by atoms with Crippen LogP contribution in [0.2, 0.25) is 0 Å². The van der Waals surface area contributed by atoms with E-state index >= 15 is 0 Å². The molecule has 0 amide bonds. The molecule has 0 saturated heterocycles. The van der Waals surface area contributed by atoms with Crippen LogP contribution in [0.15, 0.2) is 36.0 Å². The molecule has 2 aromatic heterocycles. The Morgan fingerprint density at radius 1 is 1.39 bits per heavy atom. The van der Waals surface area contributed by atoms with Crippen molar-refractivity contribution < 1.29 is 0 Å². The van der Waals surface area contributed by atoms with Gasteiger partial charge in [-0.1, -0.05) is 18.2 Å². The third kappa shape index (κ3) is 2.01. The smallest absolute Gasteiger partial charge is 0.143 e. The average molecular weight is 259 g/mol. The van der Waals surface area contributed by atoms with Crippen molar-refractivity contribution in [2.45, 2.75) is 12.5 Å². The van der Waals surface area contributed by atoms with Crippen molar-refractivity contribution in [3.05, 3.63) is 47.4 Å². The Kier molecular flexibility index (Phi) is 3.06. The van der Waals surface area contributed by atoms with Crippen LogP contribution in [-0.4, -0.2) is 15.2 Å². The highest BCUT2D eigenvalue weighted by molar-refractivity contribution is 7.17. The summed E-state index contributed by atoms with van der Waals surface area (Å²) in [7, 11) is 0. The number of hydrazine groups is 1. The highest BCUT2D eigenvalue weighted by atomic mass is 32.1. The summed E-state index contributed by atoms with van der Waals surface area (Å²) in [5.74, 6) is 6.35. The van der Waals surface area contributed by atoms with Gasteiger partial charge in [0.2, 0.25) is 0 Å². The molecule has 0 saturated carbocycles. The summed E-state index contributed by atoms with van der Waals surface area (Å²) in [5.41, 5.74) is 4.05. The van der Waals surface area contributed by atoms with E-state index in [2.05, 4.69) is 50.3 Å². The molecule has 0 spiro atoms. The number of nitrogens with zero attached hydrogens (tertiary/aromatic N) is 2. The molecule has 0 bridgehead atoms. The van der Waals surface area contributed by atoms with Crippen molar-refractivity contribution in [2.24, 2.45) is 5.84 Å². The summed E-state index contributed by atoms with van der Waals surface area (Å²) in [4.78, 5) is 4.14. The van der Waals surface area contributed by atoms with E-state index in [1.54, 1.807) is 11.3 Å². The average Bonchev–Trinajstić information content (AvgIpc) is 3.06. The van der Waals surface area contributed by atoms with E-state index in [0.29, 0.717) is 0 Å². The summed E-state index contributed by atoms with van der Waals surface area (Å²) in [6.45, 7) is 0. The minimum Gasteiger partial charge on any atom is -0.271 e. The lowest BCUT2D eigenvalue weighted by Gasteiger charge is -2.12. The quantitative estimate of drug-likeness (QED) is 0.493. The fraction of sp³-hybridized carbons (Fsp3) is 0.167. The summed E-state index contributed by atoms with van der Waals surface area (Å²) in [6.07, 6.45) is 2.28. The van der Waals surface area contributed by atoms with E-state index in [1.807, 2.05) is 0 Å². The monoisotopic (exact) mass is 259 g/mol. The van der Waals surface area contributed by atoms with Gasteiger partial charge < -0.3 is 0 Å². The van der Waals surface area contributed by atoms with Crippen molar-refractivity contribution in [1.82, 2.24) is 20.6 Å². The molecule has 0 radical (unpaired) electrons. The van der Waals surface area contributed by atoms with Crippen LogP contribution in [0.5, 0.6) is 0 Å². The molecular formula is C12H13N5S. The number of aromatic nitrogens is 3. The number of hydrogen-bond donors (Lipinski definition) is 3. The second-order valence-electron chi connectivity index (χ2n) is 4.05. The maximum absolute atomic E-state index is 5.59. The Hall–Kier alpha value is -1.76. The number of nitrogens with one attached hydrogen (secondary N) is 2. The molecule has 0 fully saturated rings. The van der Waals surface area contributed by atoms with E-state index in [0.717, 1.165) is 12.2 Å². The molecule has 2 heterocycles. The Morgan fingerprint density at radius 2 is 2.28 bits per heavy atom. The fourth-order valence-corrected chi connectivity index (χ4v) is 3.00. The van der Waals surface area contributed by atoms with Crippen molar-refractivity contribution in [2.75, 3.05) is 0 Å². The molecule has 6 heteroatoms. The predicted molar refractivity (Wildman–Crippen MR) is 72.0 cm³/mol. The Labute approximate surface area is 108 Å². The Balaban J connectivity index is 1.91. The summed E-state index contributed by atoms with van der Waals surface area (Å²) >= 11 is 1.75. The first-order valence-corrected chi connectivity index (χ1v) is 6.53. The van der Waals surface area contributed by atoms with E-state index in [1.165, 1.54) is 22.0 Å². The molecule has 3 rings (SSSR count). The first kappa shape index (κ1) is 11.3. The molecule has 18 heavy (non-hydrogen) atoms. The molecular weight excluding hydrogens is 246 g/mol. The van der Waals surface area contributed by atoms with Gasteiger partial charge in [-0.2, -0.15) is 5.10 Å². The maximum atomic E-state index is 5.59. The molecule has 4 N–H and O–H groups in total. The van der Waals surface area contributed by atoms with Crippen LogP contribution in [0.4, 0.5) is 0 Å². The third-order valence-corrected chi connectivity index (χ3v) is 3.96. The van der Waals surface area contributed by atoms with Gasteiger partial charge in [-0.15, -0.1) is 11.3 Å². The van der Waals surface area contributed by atoms with Crippen molar-refractivity contribution in [3.8, 4) is 0 Å². The second-order valence-corrected chi connectivity index (χ2v) is 4.96. The Morgan fingerprint density at radius 3 is 3.06 bits per heavy atom. The van der Waals surface area contributed by atoms with Crippen LogP contribution < -0.4 is 11.3 Å². The first-order chi connectivity index (χ1) is 8.88. The minimum absolute atomic E-state index is 0.0505. The SMILES string of the molecule is NNC(Cc1csc2ccccc12)c1ncn[nH]1. The van der Waals surface area contributed by atoms with E-state index in [4.69, 9.17) is 5.84 Å². The maximum Gasteiger partial charge on any atom is 0.143 e. The van der Waals surface area contributed by atoms with Crippen LogP contribution in [0.1, 0.15) is 17.4 Å². The number of nitrogens with two attached hydrogens (primary N) is 1. The summed E-state index contributed by atoms with van der Waals surface area (Å²) in [5, 5.41) is 10.2. The number of benzene rings is 1. The molecule has 0 aliphatic heterocycles. The number of fused-ring (bicyclic) bond motifs is 1. The summed E-state index contributed by atoms with van der Waals surface area (Å²) < 4.78 is 1.29.